The first-order valence-electron chi connectivity index (χ1n) is 6.51. The van der Waals surface area contributed by atoms with Crippen molar-refractivity contribution >= 4 is 17.7 Å². The number of rotatable bonds is 10. The van der Waals surface area contributed by atoms with Crippen molar-refractivity contribution in [1.82, 2.24) is 5.32 Å². The van der Waals surface area contributed by atoms with Crippen LogP contribution in [0.15, 0.2) is 0 Å². The molecule has 0 aromatic heterocycles. The summed E-state index contributed by atoms with van der Waals surface area (Å²) in [6, 6.07) is 0.246. The Morgan fingerprint density at radius 1 is 1.39 bits per heavy atom. The number of carbonyl (C=O) groups is 1. The van der Waals surface area contributed by atoms with Gasteiger partial charge in [-0.15, -0.1) is 0 Å². The molecule has 1 atom stereocenters. The minimum atomic E-state index is -0.597. The van der Waals surface area contributed by atoms with Gasteiger partial charge in [-0.05, 0) is 51.5 Å². The number of ether oxygens (including phenoxy) is 1. The third-order valence-electron chi connectivity index (χ3n) is 2.66. The van der Waals surface area contributed by atoms with Crippen LogP contribution in [0.25, 0.3) is 0 Å². The van der Waals surface area contributed by atoms with Gasteiger partial charge < -0.3 is 9.84 Å². The summed E-state index contributed by atoms with van der Waals surface area (Å²) in [5.74, 6) is 1.78. The van der Waals surface area contributed by atoms with Crippen molar-refractivity contribution in [3.63, 3.8) is 0 Å². The van der Waals surface area contributed by atoms with Gasteiger partial charge in [-0.1, -0.05) is 0 Å². The van der Waals surface area contributed by atoms with E-state index in [1.165, 1.54) is 7.11 Å². The highest BCUT2D eigenvalue weighted by Gasteiger charge is 2.33. The van der Waals surface area contributed by atoms with Crippen molar-refractivity contribution in [3.8, 4) is 0 Å². The molecule has 0 aliphatic heterocycles. The van der Waals surface area contributed by atoms with Crippen LogP contribution in [-0.4, -0.2) is 47.9 Å². The Bertz CT molecular complexity index is 236. The van der Waals surface area contributed by atoms with E-state index >= 15 is 0 Å². The van der Waals surface area contributed by atoms with E-state index in [9.17, 15) is 4.79 Å². The summed E-state index contributed by atoms with van der Waals surface area (Å²) >= 11 is 1.82. The second-order valence-electron chi connectivity index (χ2n) is 4.92. The molecule has 1 unspecified atom stereocenters. The van der Waals surface area contributed by atoms with Crippen molar-refractivity contribution in [2.24, 2.45) is 0 Å². The minimum absolute atomic E-state index is 0.198. The van der Waals surface area contributed by atoms with Crippen molar-refractivity contribution in [1.29, 1.82) is 0 Å². The summed E-state index contributed by atoms with van der Waals surface area (Å²) in [6.07, 6.45) is 2.56. The highest BCUT2D eigenvalue weighted by Crippen LogP contribution is 2.18. The zero-order valence-corrected chi connectivity index (χ0v) is 12.8. The SMILES string of the molecule is COC(=O)C(C)(CCCSCCCO)NC(C)C. The molecule has 0 heterocycles. The molecule has 0 bridgehead atoms. The van der Waals surface area contributed by atoms with E-state index in [-0.39, 0.29) is 18.6 Å². The Balaban J connectivity index is 4.05. The van der Waals surface area contributed by atoms with Crippen molar-refractivity contribution in [3.05, 3.63) is 0 Å². The molecule has 0 rings (SSSR count). The van der Waals surface area contributed by atoms with Crippen LogP contribution in [0.2, 0.25) is 0 Å². The Morgan fingerprint density at radius 2 is 2.00 bits per heavy atom. The van der Waals surface area contributed by atoms with Crippen LogP contribution < -0.4 is 5.32 Å². The Labute approximate surface area is 115 Å². The predicted molar refractivity (Wildman–Crippen MR) is 77.0 cm³/mol. The highest BCUT2D eigenvalue weighted by molar-refractivity contribution is 7.99. The summed E-state index contributed by atoms with van der Waals surface area (Å²) in [6.45, 7) is 6.20. The molecular formula is C13H27NO3S. The van der Waals surface area contributed by atoms with E-state index in [2.05, 4.69) is 5.32 Å². The normalized spacial score (nSPS) is 14.6. The minimum Gasteiger partial charge on any atom is -0.468 e. The van der Waals surface area contributed by atoms with Crippen LogP contribution in [0.5, 0.6) is 0 Å². The number of thioether (sulfide) groups is 1. The lowest BCUT2D eigenvalue weighted by Crippen LogP contribution is -2.53. The monoisotopic (exact) mass is 277 g/mol. The first-order valence-corrected chi connectivity index (χ1v) is 7.66. The number of methoxy groups -OCH3 is 1. The number of aliphatic hydroxyl groups excluding tert-OH is 1. The van der Waals surface area contributed by atoms with Gasteiger partial charge >= 0.3 is 5.97 Å². The number of nitrogens with one attached hydrogen (secondary N) is 1. The van der Waals surface area contributed by atoms with Gasteiger partial charge in [0.15, 0.2) is 0 Å². The van der Waals surface area contributed by atoms with Crippen molar-refractivity contribution in [2.75, 3.05) is 25.2 Å². The molecule has 2 N–H and O–H groups in total. The zero-order valence-electron chi connectivity index (χ0n) is 12.0. The standard InChI is InChI=1S/C13H27NO3S/c1-11(2)14-13(3,12(16)17-4)7-5-9-18-10-6-8-15/h11,14-15H,5-10H2,1-4H3. The van der Waals surface area contributed by atoms with Gasteiger partial charge in [0, 0.05) is 12.6 Å². The second-order valence-corrected chi connectivity index (χ2v) is 6.14. The predicted octanol–water partition coefficient (Wildman–Crippen LogP) is 1.81. The van der Waals surface area contributed by atoms with Crippen LogP contribution in [0.4, 0.5) is 0 Å². The van der Waals surface area contributed by atoms with Crippen LogP contribution in [0, 0.1) is 0 Å². The van der Waals surface area contributed by atoms with Gasteiger partial charge in [0.2, 0.25) is 0 Å². The van der Waals surface area contributed by atoms with Gasteiger partial charge in [-0.2, -0.15) is 11.8 Å². The molecule has 0 aliphatic carbocycles. The van der Waals surface area contributed by atoms with Crippen LogP contribution >= 0.6 is 11.8 Å². The topological polar surface area (TPSA) is 58.6 Å². The summed E-state index contributed by atoms with van der Waals surface area (Å²) in [7, 11) is 1.43. The summed E-state index contributed by atoms with van der Waals surface area (Å²) < 4.78 is 4.87. The summed E-state index contributed by atoms with van der Waals surface area (Å²) in [4.78, 5) is 11.8. The van der Waals surface area contributed by atoms with E-state index < -0.39 is 5.54 Å². The van der Waals surface area contributed by atoms with E-state index in [1.54, 1.807) is 0 Å². The summed E-state index contributed by atoms with van der Waals surface area (Å²) in [5.41, 5.74) is -0.597. The maximum Gasteiger partial charge on any atom is 0.325 e. The fourth-order valence-corrected chi connectivity index (χ4v) is 2.78. The molecule has 18 heavy (non-hydrogen) atoms. The number of hydrogen-bond donors (Lipinski definition) is 2. The molecule has 4 nitrogen and oxygen atoms in total. The van der Waals surface area contributed by atoms with Gasteiger partial charge in [0.25, 0.3) is 0 Å². The lowest BCUT2D eigenvalue weighted by Gasteiger charge is -2.30. The maximum atomic E-state index is 11.8. The van der Waals surface area contributed by atoms with Gasteiger partial charge in [-0.3, -0.25) is 10.1 Å². The third-order valence-corrected chi connectivity index (χ3v) is 3.81. The summed E-state index contributed by atoms with van der Waals surface area (Å²) in [5, 5.41) is 12.0. The number of carbonyl (C=O) groups excluding carboxylic acids is 1. The number of hydrogen-bond acceptors (Lipinski definition) is 5. The second kappa shape index (κ2) is 9.64. The Kier molecular flexibility index (Phi) is 9.50. The van der Waals surface area contributed by atoms with Gasteiger partial charge in [0.05, 0.1) is 7.11 Å². The Morgan fingerprint density at radius 3 is 2.50 bits per heavy atom. The molecule has 0 radical (unpaired) electrons. The van der Waals surface area contributed by atoms with Crippen LogP contribution in [0.3, 0.4) is 0 Å². The number of esters is 1. The first-order chi connectivity index (χ1) is 8.46. The van der Waals surface area contributed by atoms with E-state index in [1.807, 2.05) is 32.5 Å². The molecule has 0 amide bonds. The van der Waals surface area contributed by atoms with E-state index in [0.29, 0.717) is 0 Å². The molecule has 0 fully saturated rings. The molecular weight excluding hydrogens is 250 g/mol. The molecule has 0 aliphatic rings. The maximum absolute atomic E-state index is 11.8. The fourth-order valence-electron chi connectivity index (χ4n) is 1.89. The average Bonchev–Trinajstić information content (AvgIpc) is 2.31. The van der Waals surface area contributed by atoms with Crippen LogP contribution in [-0.2, 0) is 9.53 Å². The molecule has 0 saturated heterocycles. The smallest absolute Gasteiger partial charge is 0.325 e. The van der Waals surface area contributed by atoms with E-state index in [0.717, 1.165) is 30.8 Å². The van der Waals surface area contributed by atoms with Crippen molar-refractivity contribution in [2.45, 2.75) is 51.6 Å². The molecule has 5 heteroatoms. The third kappa shape index (κ3) is 7.24. The molecule has 0 aromatic carbocycles. The number of aliphatic hydroxyl groups is 1. The van der Waals surface area contributed by atoms with E-state index in [4.69, 9.17) is 9.84 Å². The fraction of sp³-hybridized carbons (Fsp3) is 0.923. The lowest BCUT2D eigenvalue weighted by molar-refractivity contribution is -0.148. The van der Waals surface area contributed by atoms with Crippen molar-refractivity contribution < 1.29 is 14.6 Å². The first kappa shape index (κ1) is 17.7. The lowest BCUT2D eigenvalue weighted by atomic mass is 9.95. The van der Waals surface area contributed by atoms with Gasteiger partial charge in [0.1, 0.15) is 5.54 Å². The van der Waals surface area contributed by atoms with Crippen LogP contribution in [0.1, 0.15) is 40.0 Å². The molecule has 0 spiro atoms. The Hall–Kier alpha value is -0.260. The largest absolute Gasteiger partial charge is 0.468 e. The molecule has 108 valence electrons. The average molecular weight is 277 g/mol. The quantitative estimate of drug-likeness (QED) is 0.471. The molecule has 0 saturated carbocycles. The zero-order chi connectivity index (χ0) is 14.0. The highest BCUT2D eigenvalue weighted by atomic mass is 32.2. The molecule has 0 aromatic rings. The van der Waals surface area contributed by atoms with Gasteiger partial charge in [-0.25, -0.2) is 0 Å².